The van der Waals surface area contributed by atoms with Gasteiger partial charge in [0.25, 0.3) is 0 Å². The molecule has 0 bridgehead atoms. The zero-order valence-electron chi connectivity index (χ0n) is 5.96. The summed E-state index contributed by atoms with van der Waals surface area (Å²) in [6.07, 6.45) is 0. The van der Waals surface area contributed by atoms with Crippen molar-refractivity contribution in [3.63, 3.8) is 0 Å². The fourth-order valence-electron chi connectivity index (χ4n) is 0.692. The summed E-state index contributed by atoms with van der Waals surface area (Å²) >= 11 is 4.60. The molecule has 0 aliphatic carbocycles. The molecule has 1 heterocycles. The van der Waals surface area contributed by atoms with Gasteiger partial charge in [0.15, 0.2) is 5.82 Å². The van der Waals surface area contributed by atoms with Gasteiger partial charge in [0.1, 0.15) is 0 Å². The molecule has 1 aromatic rings. The van der Waals surface area contributed by atoms with E-state index in [0.717, 1.165) is 11.5 Å². The lowest BCUT2D eigenvalue weighted by molar-refractivity contribution is 0.743. The molecule has 0 amide bonds. The van der Waals surface area contributed by atoms with Crippen LogP contribution in [0.2, 0.25) is 0 Å². The molecule has 0 aromatic carbocycles. The molecular formula is C6H9N3S. The maximum atomic E-state index is 4.60. The Kier molecular flexibility index (Phi) is 2.01. The van der Waals surface area contributed by atoms with Crippen molar-refractivity contribution in [2.24, 2.45) is 7.05 Å². The van der Waals surface area contributed by atoms with Gasteiger partial charge in [-0.05, 0) is 6.92 Å². The van der Waals surface area contributed by atoms with Crippen molar-refractivity contribution in [1.29, 1.82) is 0 Å². The normalized spacial score (nSPS) is 9.40. The lowest BCUT2D eigenvalue weighted by Crippen LogP contribution is -1.95. The molecule has 0 spiro atoms. The number of nitrogens with one attached hydrogen (secondary N) is 1. The number of aryl methyl sites for hydroxylation is 2. The van der Waals surface area contributed by atoms with Crippen molar-refractivity contribution in [1.82, 2.24) is 9.78 Å². The predicted octanol–water partition coefficient (Wildman–Crippen LogP) is 1.10. The number of hydrogen-bond acceptors (Lipinski definition) is 2. The van der Waals surface area contributed by atoms with Crippen molar-refractivity contribution in [2.45, 2.75) is 6.92 Å². The number of anilines is 1. The average Bonchev–Trinajstić information content (AvgIpc) is 2.14. The Bertz CT molecular complexity index is 222. The molecule has 1 N–H and O–H groups in total. The highest BCUT2D eigenvalue weighted by molar-refractivity contribution is 7.79. The summed E-state index contributed by atoms with van der Waals surface area (Å²) in [6.45, 7) is 1.99. The van der Waals surface area contributed by atoms with Gasteiger partial charge in [-0.25, -0.2) is 0 Å². The Labute approximate surface area is 65.0 Å². The summed E-state index contributed by atoms with van der Waals surface area (Å²) in [5, 5.41) is 6.93. The van der Waals surface area contributed by atoms with Gasteiger partial charge in [0.2, 0.25) is 0 Å². The highest BCUT2D eigenvalue weighted by atomic mass is 32.1. The van der Waals surface area contributed by atoms with E-state index < -0.39 is 0 Å². The lowest BCUT2D eigenvalue weighted by Gasteiger charge is -1.89. The number of rotatable bonds is 2. The van der Waals surface area contributed by atoms with Crippen molar-refractivity contribution >= 4 is 23.5 Å². The lowest BCUT2D eigenvalue weighted by atomic mass is 10.5. The van der Waals surface area contributed by atoms with Gasteiger partial charge in [-0.2, -0.15) is 5.10 Å². The second-order valence-electron chi connectivity index (χ2n) is 2.06. The summed E-state index contributed by atoms with van der Waals surface area (Å²) in [4.78, 5) is 0. The fourth-order valence-corrected chi connectivity index (χ4v) is 0.812. The van der Waals surface area contributed by atoms with Crippen LogP contribution in [0.15, 0.2) is 6.07 Å². The van der Waals surface area contributed by atoms with Crippen LogP contribution in [0.4, 0.5) is 5.82 Å². The minimum Gasteiger partial charge on any atom is -0.336 e. The van der Waals surface area contributed by atoms with Crippen LogP contribution in [0.3, 0.4) is 0 Å². The molecule has 1 aromatic heterocycles. The van der Waals surface area contributed by atoms with Crippen molar-refractivity contribution in [2.75, 3.05) is 5.32 Å². The smallest absolute Gasteiger partial charge is 0.152 e. The topological polar surface area (TPSA) is 29.9 Å². The van der Waals surface area contributed by atoms with E-state index in [9.17, 15) is 0 Å². The summed E-state index contributed by atoms with van der Waals surface area (Å²) in [6, 6.07) is 1.93. The van der Waals surface area contributed by atoms with Crippen LogP contribution in [0, 0.1) is 6.92 Å². The molecule has 54 valence electrons. The summed E-state index contributed by atoms with van der Waals surface area (Å²) in [7, 11) is 1.89. The first-order chi connectivity index (χ1) is 4.74. The van der Waals surface area contributed by atoms with E-state index in [1.165, 1.54) is 5.49 Å². The molecule has 0 radical (unpaired) electrons. The molecule has 0 saturated heterocycles. The quantitative estimate of drug-likeness (QED) is 0.648. The molecule has 0 fully saturated rings. The first-order valence-electron chi connectivity index (χ1n) is 2.95. The summed E-state index contributed by atoms with van der Waals surface area (Å²) < 4.78 is 1.79. The van der Waals surface area contributed by atoms with E-state index in [-0.39, 0.29) is 0 Å². The van der Waals surface area contributed by atoms with E-state index >= 15 is 0 Å². The monoisotopic (exact) mass is 155 g/mol. The molecular weight excluding hydrogens is 146 g/mol. The third-order valence-corrected chi connectivity index (χ3v) is 1.44. The van der Waals surface area contributed by atoms with Gasteiger partial charge in [-0.1, -0.05) is 12.2 Å². The van der Waals surface area contributed by atoms with Gasteiger partial charge in [-0.15, -0.1) is 0 Å². The standard InChI is InChI=1S/C6H9N3S/c1-5-3-6(7-4-10)8-9(5)2/h3-4H,1-2H3,(H,7,8,10). The first kappa shape index (κ1) is 7.21. The zero-order valence-corrected chi connectivity index (χ0v) is 6.77. The number of hydrogen-bond donors (Lipinski definition) is 1. The van der Waals surface area contributed by atoms with Gasteiger partial charge in [-0.3, -0.25) is 4.68 Å². The van der Waals surface area contributed by atoms with Gasteiger partial charge in [0.05, 0.1) is 5.49 Å². The Morgan fingerprint density at radius 2 is 2.50 bits per heavy atom. The molecule has 0 aliphatic rings. The average molecular weight is 155 g/mol. The minimum absolute atomic E-state index is 0.801. The third-order valence-electron chi connectivity index (χ3n) is 1.32. The van der Waals surface area contributed by atoms with Crippen LogP contribution in [-0.2, 0) is 7.05 Å². The number of nitrogens with zero attached hydrogens (tertiary/aromatic N) is 2. The van der Waals surface area contributed by atoms with Crippen LogP contribution in [0.25, 0.3) is 0 Å². The van der Waals surface area contributed by atoms with Crippen LogP contribution >= 0.6 is 12.2 Å². The number of aromatic nitrogens is 2. The first-order valence-corrected chi connectivity index (χ1v) is 3.42. The van der Waals surface area contributed by atoms with E-state index in [1.807, 2.05) is 20.0 Å². The Hall–Kier alpha value is -0.900. The van der Waals surface area contributed by atoms with Crippen LogP contribution in [0.1, 0.15) is 5.69 Å². The van der Waals surface area contributed by atoms with Crippen LogP contribution < -0.4 is 5.32 Å². The predicted molar refractivity (Wildman–Crippen MR) is 45.2 cm³/mol. The summed E-state index contributed by atoms with van der Waals surface area (Å²) in [5.74, 6) is 0.801. The van der Waals surface area contributed by atoms with Crippen LogP contribution in [-0.4, -0.2) is 15.3 Å². The van der Waals surface area contributed by atoms with Gasteiger partial charge >= 0.3 is 0 Å². The third kappa shape index (κ3) is 1.33. The molecule has 3 nitrogen and oxygen atoms in total. The summed E-state index contributed by atoms with van der Waals surface area (Å²) in [5.41, 5.74) is 2.56. The highest BCUT2D eigenvalue weighted by Gasteiger charge is 1.96. The second kappa shape index (κ2) is 2.79. The van der Waals surface area contributed by atoms with E-state index in [1.54, 1.807) is 4.68 Å². The Morgan fingerprint density at radius 3 is 2.90 bits per heavy atom. The maximum absolute atomic E-state index is 4.60. The van der Waals surface area contributed by atoms with E-state index in [0.29, 0.717) is 0 Å². The van der Waals surface area contributed by atoms with Crippen molar-refractivity contribution in [3.8, 4) is 0 Å². The zero-order chi connectivity index (χ0) is 7.56. The fraction of sp³-hybridized carbons (Fsp3) is 0.333. The van der Waals surface area contributed by atoms with Crippen LogP contribution in [0.5, 0.6) is 0 Å². The molecule has 0 unspecified atom stereocenters. The largest absolute Gasteiger partial charge is 0.336 e. The molecule has 10 heavy (non-hydrogen) atoms. The Morgan fingerprint density at radius 1 is 1.80 bits per heavy atom. The minimum atomic E-state index is 0.801. The van der Waals surface area contributed by atoms with Crippen molar-refractivity contribution in [3.05, 3.63) is 11.8 Å². The maximum Gasteiger partial charge on any atom is 0.152 e. The van der Waals surface area contributed by atoms with Crippen molar-refractivity contribution < 1.29 is 0 Å². The Balaban J connectivity index is 2.86. The van der Waals surface area contributed by atoms with Gasteiger partial charge in [0, 0.05) is 18.8 Å². The number of thiocarbonyl (C=S) groups is 1. The van der Waals surface area contributed by atoms with Gasteiger partial charge < -0.3 is 5.32 Å². The van der Waals surface area contributed by atoms with E-state index in [4.69, 9.17) is 0 Å². The molecule has 4 heteroatoms. The molecule has 0 atom stereocenters. The SMILES string of the molecule is Cc1cc(NC=S)nn1C. The molecule has 1 rings (SSSR count). The molecule has 0 aliphatic heterocycles. The molecule has 0 saturated carbocycles. The highest BCUT2D eigenvalue weighted by Crippen LogP contribution is 2.04. The van der Waals surface area contributed by atoms with E-state index in [2.05, 4.69) is 22.6 Å². The second-order valence-corrected chi connectivity index (χ2v) is 2.29.